The first kappa shape index (κ1) is 16.7. The molecule has 0 amide bonds. The maximum atomic E-state index is 9.83. The number of alkyl halides is 5. The molecule has 0 saturated heterocycles. The number of hydrogen-bond acceptors (Lipinski definition) is 1. The Bertz CT molecular complexity index is 382. The van der Waals surface area contributed by atoms with Crippen LogP contribution in [-0.2, 0) is 4.33 Å². The molecule has 6 heteroatoms. The number of hydrogen-bond donors (Lipinski definition) is 1. The third-order valence-corrected chi connectivity index (χ3v) is 5.01. The maximum Gasteiger partial charge on any atom is 0.227 e. The minimum atomic E-state index is -1.83. The lowest BCUT2D eigenvalue weighted by Gasteiger charge is -2.28. The second-order valence-corrected chi connectivity index (χ2v) is 7.61. The van der Waals surface area contributed by atoms with E-state index < -0.39 is 14.2 Å². The van der Waals surface area contributed by atoms with Gasteiger partial charge in [-0.25, -0.2) is 0 Å². The average molecular weight is 350 g/mol. The molecule has 0 bridgehead atoms. The van der Waals surface area contributed by atoms with Crippen molar-refractivity contribution >= 4 is 58.0 Å². The van der Waals surface area contributed by atoms with E-state index in [2.05, 4.69) is 0 Å². The van der Waals surface area contributed by atoms with Gasteiger partial charge in [-0.1, -0.05) is 95.6 Å². The molecule has 0 fully saturated rings. The fourth-order valence-corrected chi connectivity index (χ4v) is 2.10. The highest BCUT2D eigenvalue weighted by molar-refractivity contribution is 6.75. The molecule has 0 saturated carbocycles. The monoisotopic (exact) mass is 348 g/mol. The average Bonchev–Trinajstić information content (AvgIpc) is 2.28. The third-order valence-electron chi connectivity index (χ3n) is 2.58. The molecule has 102 valence electrons. The molecule has 1 atom stereocenters. The summed E-state index contributed by atoms with van der Waals surface area (Å²) in [5.41, 5.74) is 1.26. The van der Waals surface area contributed by atoms with E-state index in [1.807, 2.05) is 6.92 Å². The number of halogens is 5. The lowest BCUT2D eigenvalue weighted by molar-refractivity contribution is 0.166. The Kier molecular flexibility index (Phi) is 5.92. The maximum absolute atomic E-state index is 9.83. The van der Waals surface area contributed by atoms with Gasteiger partial charge in [0.15, 0.2) is 4.33 Å². The highest BCUT2D eigenvalue weighted by Gasteiger charge is 2.47. The second kappa shape index (κ2) is 6.39. The van der Waals surface area contributed by atoms with Gasteiger partial charge in [-0.05, 0) is 17.5 Å². The van der Waals surface area contributed by atoms with Gasteiger partial charge in [0.2, 0.25) is 3.79 Å². The molecule has 0 aliphatic rings. The van der Waals surface area contributed by atoms with E-state index in [4.69, 9.17) is 58.0 Å². The standard InChI is InChI=1S/C12H13Cl5O/c1-2-3-10(18)8-4-6-9(7-5-8)11(13,14)12(15,16)17/h4-7,10,18H,2-3H2,1H3. The van der Waals surface area contributed by atoms with Gasteiger partial charge < -0.3 is 5.11 Å². The molecule has 0 heterocycles. The molecule has 0 spiro atoms. The summed E-state index contributed by atoms with van der Waals surface area (Å²) in [6.07, 6.45) is 1.08. The first-order chi connectivity index (χ1) is 8.20. The Morgan fingerprint density at radius 1 is 1.06 bits per heavy atom. The van der Waals surface area contributed by atoms with Crippen LogP contribution in [0.25, 0.3) is 0 Å². The van der Waals surface area contributed by atoms with E-state index in [9.17, 15) is 5.11 Å². The second-order valence-electron chi connectivity index (χ2n) is 4.00. The van der Waals surface area contributed by atoms with Crippen molar-refractivity contribution in [2.75, 3.05) is 0 Å². The molecule has 1 aromatic rings. The van der Waals surface area contributed by atoms with Crippen LogP contribution in [0.2, 0.25) is 0 Å². The largest absolute Gasteiger partial charge is 0.388 e. The molecular weight excluding hydrogens is 337 g/mol. The van der Waals surface area contributed by atoms with Crippen LogP contribution in [0.5, 0.6) is 0 Å². The van der Waals surface area contributed by atoms with Crippen LogP contribution in [-0.4, -0.2) is 8.90 Å². The zero-order chi connectivity index (χ0) is 14.0. The first-order valence-corrected chi connectivity index (χ1v) is 7.32. The highest BCUT2D eigenvalue weighted by Crippen LogP contribution is 2.52. The van der Waals surface area contributed by atoms with Crippen molar-refractivity contribution in [1.82, 2.24) is 0 Å². The number of benzene rings is 1. The molecular formula is C12H13Cl5O. The summed E-state index contributed by atoms with van der Waals surface area (Å²) in [5, 5.41) is 9.83. The summed E-state index contributed by atoms with van der Waals surface area (Å²) in [4.78, 5) is 0. The molecule has 0 aliphatic heterocycles. The van der Waals surface area contributed by atoms with Gasteiger partial charge in [0.25, 0.3) is 0 Å². The van der Waals surface area contributed by atoms with Crippen molar-refractivity contribution in [3.8, 4) is 0 Å². The van der Waals surface area contributed by atoms with Gasteiger partial charge in [-0.15, -0.1) is 0 Å². The van der Waals surface area contributed by atoms with Crippen molar-refractivity contribution in [1.29, 1.82) is 0 Å². The van der Waals surface area contributed by atoms with Gasteiger partial charge in [0.1, 0.15) is 0 Å². The normalized spacial score (nSPS) is 14.6. The predicted molar refractivity (Wildman–Crippen MR) is 80.0 cm³/mol. The Hall–Kier alpha value is 0.630. The van der Waals surface area contributed by atoms with Crippen LogP contribution >= 0.6 is 58.0 Å². The molecule has 1 nitrogen and oxygen atoms in total. The summed E-state index contributed by atoms with van der Waals surface area (Å²) in [6, 6.07) is 6.75. The zero-order valence-corrected chi connectivity index (χ0v) is 13.4. The van der Waals surface area contributed by atoms with E-state index in [0.717, 1.165) is 12.0 Å². The summed E-state index contributed by atoms with van der Waals surface area (Å²) in [7, 11) is 0. The van der Waals surface area contributed by atoms with E-state index >= 15 is 0 Å². The van der Waals surface area contributed by atoms with Crippen molar-refractivity contribution in [2.24, 2.45) is 0 Å². The summed E-state index contributed by atoms with van der Waals surface area (Å²) < 4.78 is -3.47. The van der Waals surface area contributed by atoms with Crippen molar-refractivity contribution in [3.05, 3.63) is 35.4 Å². The molecule has 1 unspecified atom stereocenters. The summed E-state index contributed by atoms with van der Waals surface area (Å²) in [5.74, 6) is 0. The lowest BCUT2D eigenvalue weighted by atomic mass is 10.0. The Balaban J connectivity index is 2.96. The van der Waals surface area contributed by atoms with Gasteiger partial charge in [-0.2, -0.15) is 0 Å². The lowest BCUT2D eigenvalue weighted by Crippen LogP contribution is -2.28. The Morgan fingerprint density at radius 3 is 1.94 bits per heavy atom. The van der Waals surface area contributed by atoms with Gasteiger partial charge in [0, 0.05) is 0 Å². The van der Waals surface area contributed by atoms with Crippen molar-refractivity contribution in [3.63, 3.8) is 0 Å². The SMILES string of the molecule is CCCC(O)c1ccc(C(Cl)(Cl)C(Cl)(Cl)Cl)cc1. The molecule has 0 aromatic heterocycles. The van der Waals surface area contributed by atoms with Gasteiger partial charge >= 0.3 is 0 Å². The zero-order valence-electron chi connectivity index (χ0n) is 9.64. The third kappa shape index (κ3) is 3.82. The van der Waals surface area contributed by atoms with Crippen LogP contribution in [0.3, 0.4) is 0 Å². The molecule has 1 N–H and O–H groups in total. The molecule has 1 rings (SSSR count). The van der Waals surface area contributed by atoms with Crippen LogP contribution in [0.1, 0.15) is 37.0 Å². The topological polar surface area (TPSA) is 20.2 Å². The van der Waals surface area contributed by atoms with Crippen molar-refractivity contribution in [2.45, 2.75) is 34.0 Å². The summed E-state index contributed by atoms with van der Waals surface area (Å²) >= 11 is 29.3. The van der Waals surface area contributed by atoms with Gasteiger partial charge in [0.05, 0.1) is 6.10 Å². The molecule has 1 aromatic carbocycles. The highest BCUT2D eigenvalue weighted by atomic mass is 35.6. The minimum absolute atomic E-state index is 0.471. The van der Waals surface area contributed by atoms with Gasteiger partial charge in [-0.3, -0.25) is 0 Å². The smallest absolute Gasteiger partial charge is 0.227 e. The van der Waals surface area contributed by atoms with Crippen LogP contribution < -0.4 is 0 Å². The Labute approximate surface area is 132 Å². The van der Waals surface area contributed by atoms with Crippen LogP contribution in [0, 0.1) is 0 Å². The summed E-state index contributed by atoms with van der Waals surface area (Å²) in [6.45, 7) is 2.00. The van der Waals surface area contributed by atoms with E-state index in [1.54, 1.807) is 24.3 Å². The van der Waals surface area contributed by atoms with E-state index in [0.29, 0.717) is 12.0 Å². The number of aliphatic hydroxyl groups is 1. The number of aliphatic hydroxyl groups excluding tert-OH is 1. The fourth-order valence-electron chi connectivity index (χ4n) is 1.52. The van der Waals surface area contributed by atoms with Crippen molar-refractivity contribution < 1.29 is 5.11 Å². The van der Waals surface area contributed by atoms with E-state index in [-0.39, 0.29) is 0 Å². The predicted octanol–water partition coefficient (Wildman–Crippen LogP) is 5.52. The van der Waals surface area contributed by atoms with E-state index in [1.165, 1.54) is 0 Å². The fraction of sp³-hybridized carbons (Fsp3) is 0.500. The van der Waals surface area contributed by atoms with Crippen LogP contribution in [0.4, 0.5) is 0 Å². The molecule has 18 heavy (non-hydrogen) atoms. The minimum Gasteiger partial charge on any atom is -0.388 e. The quantitative estimate of drug-likeness (QED) is 0.709. The molecule has 0 radical (unpaired) electrons. The van der Waals surface area contributed by atoms with Crippen LogP contribution in [0.15, 0.2) is 24.3 Å². The number of rotatable bonds is 4. The molecule has 0 aliphatic carbocycles. The Morgan fingerprint density at radius 2 is 1.56 bits per heavy atom. The first-order valence-electron chi connectivity index (χ1n) is 5.43.